The summed E-state index contributed by atoms with van der Waals surface area (Å²) in [4.78, 5) is 12.1. The van der Waals surface area contributed by atoms with E-state index in [4.69, 9.17) is 4.74 Å². The van der Waals surface area contributed by atoms with E-state index in [1.807, 2.05) is 0 Å². The number of nitrogens with zero attached hydrogens (tertiary/aromatic N) is 2. The normalized spacial score (nSPS) is 20.7. The molecule has 0 aliphatic heterocycles. The van der Waals surface area contributed by atoms with E-state index in [-0.39, 0.29) is 43.7 Å². The Kier molecular flexibility index (Phi) is 4.73. The second-order valence-electron chi connectivity index (χ2n) is 6.08. The Morgan fingerprint density at radius 2 is 2.13 bits per heavy atom. The Morgan fingerprint density at radius 3 is 2.61 bits per heavy atom. The fourth-order valence-electron chi connectivity index (χ4n) is 3.00. The molecule has 1 aromatic heterocycles. The predicted molar refractivity (Wildman–Crippen MR) is 74.8 cm³/mol. The molecule has 1 saturated carbocycles. The first-order valence-corrected chi connectivity index (χ1v) is 7.56. The van der Waals surface area contributed by atoms with E-state index >= 15 is 0 Å². The van der Waals surface area contributed by atoms with Gasteiger partial charge in [0.25, 0.3) is 5.92 Å². The van der Waals surface area contributed by atoms with Gasteiger partial charge < -0.3 is 4.74 Å². The maximum absolute atomic E-state index is 13.6. The molecule has 0 spiro atoms. The number of ether oxygens (including phenoxy) is 1. The summed E-state index contributed by atoms with van der Waals surface area (Å²) < 4.78 is 59.9. The first-order valence-electron chi connectivity index (χ1n) is 7.56. The Balaban J connectivity index is 2.35. The molecule has 0 N–H and O–H groups in total. The van der Waals surface area contributed by atoms with Crippen molar-refractivity contribution >= 4 is 5.97 Å². The average molecular weight is 336 g/mol. The molecule has 0 amide bonds. The lowest BCUT2D eigenvalue weighted by atomic mass is 10.1. The minimum atomic E-state index is -3.23. The van der Waals surface area contributed by atoms with Gasteiger partial charge in [0, 0.05) is 31.9 Å². The topological polar surface area (TPSA) is 44.1 Å². The van der Waals surface area contributed by atoms with E-state index in [0.717, 1.165) is 4.68 Å². The molecule has 1 aliphatic carbocycles. The number of carbonyl (C=O) groups excluding carboxylic acids is 1. The smallest absolute Gasteiger partial charge is 0.356 e. The second-order valence-corrected chi connectivity index (χ2v) is 6.08. The number of carbonyl (C=O) groups is 1. The molecular weight excluding hydrogens is 316 g/mol. The van der Waals surface area contributed by atoms with Crippen LogP contribution in [-0.2, 0) is 17.2 Å². The van der Waals surface area contributed by atoms with E-state index in [9.17, 15) is 22.4 Å². The summed E-state index contributed by atoms with van der Waals surface area (Å²) in [5.41, 5.74) is -0.579. The predicted octanol–water partition coefficient (Wildman–Crippen LogP) is 3.92. The van der Waals surface area contributed by atoms with Gasteiger partial charge >= 0.3 is 5.97 Å². The molecular formula is C15H20F4N2O2. The zero-order chi connectivity index (χ0) is 17.4. The van der Waals surface area contributed by atoms with E-state index in [1.165, 1.54) is 6.92 Å². The molecule has 23 heavy (non-hydrogen) atoms. The number of hydrogen-bond acceptors (Lipinski definition) is 3. The number of aromatic nitrogens is 2. The summed E-state index contributed by atoms with van der Waals surface area (Å²) in [6.45, 7) is 3.74. The van der Waals surface area contributed by atoms with Gasteiger partial charge in [-0.05, 0) is 26.2 Å². The van der Waals surface area contributed by atoms with E-state index in [0.29, 0.717) is 6.92 Å². The van der Waals surface area contributed by atoms with Crippen LogP contribution in [0.1, 0.15) is 54.9 Å². The zero-order valence-electron chi connectivity index (χ0n) is 13.3. The van der Waals surface area contributed by atoms with Crippen molar-refractivity contribution in [1.82, 2.24) is 9.78 Å². The maximum Gasteiger partial charge on any atom is 0.356 e. The van der Waals surface area contributed by atoms with Gasteiger partial charge in [0.1, 0.15) is 11.4 Å². The van der Waals surface area contributed by atoms with Crippen molar-refractivity contribution < 1.29 is 27.1 Å². The molecule has 1 aliphatic rings. The van der Waals surface area contributed by atoms with Crippen molar-refractivity contribution in [3.05, 3.63) is 17.0 Å². The fourth-order valence-corrected chi connectivity index (χ4v) is 3.00. The van der Waals surface area contributed by atoms with Crippen LogP contribution in [-0.4, -0.2) is 28.3 Å². The van der Waals surface area contributed by atoms with Crippen molar-refractivity contribution in [2.75, 3.05) is 6.61 Å². The standard InChI is InChI=1S/C15H20F4N2O2/c1-4-23-13(22)11-9(2)12(14(3,16)17)20-21(11)8-10-5-6-15(18,19)7-10/h10H,4-8H2,1-3H3/t10-/m1/s1. The first kappa shape index (κ1) is 17.7. The monoisotopic (exact) mass is 336 g/mol. The highest BCUT2D eigenvalue weighted by Gasteiger charge is 2.41. The van der Waals surface area contributed by atoms with Crippen molar-refractivity contribution in [2.45, 2.75) is 58.4 Å². The van der Waals surface area contributed by atoms with E-state index < -0.39 is 29.4 Å². The third-order valence-corrected chi connectivity index (χ3v) is 4.01. The van der Waals surface area contributed by atoms with Gasteiger partial charge in [-0.3, -0.25) is 4.68 Å². The molecule has 0 unspecified atom stereocenters. The summed E-state index contributed by atoms with van der Waals surface area (Å²) >= 11 is 0. The third-order valence-electron chi connectivity index (χ3n) is 4.01. The van der Waals surface area contributed by atoms with Crippen molar-refractivity contribution in [3.8, 4) is 0 Å². The molecule has 4 nitrogen and oxygen atoms in total. The van der Waals surface area contributed by atoms with Gasteiger partial charge in [-0.25, -0.2) is 13.6 Å². The van der Waals surface area contributed by atoms with Gasteiger partial charge in [-0.1, -0.05) is 0 Å². The Labute approximate surface area is 131 Å². The summed E-state index contributed by atoms with van der Waals surface area (Å²) in [7, 11) is 0. The number of hydrogen-bond donors (Lipinski definition) is 0. The molecule has 0 radical (unpaired) electrons. The largest absolute Gasteiger partial charge is 0.461 e. The Hall–Kier alpha value is -1.60. The zero-order valence-corrected chi connectivity index (χ0v) is 13.3. The van der Waals surface area contributed by atoms with Crippen LogP contribution >= 0.6 is 0 Å². The number of alkyl halides is 4. The molecule has 1 atom stereocenters. The highest BCUT2D eigenvalue weighted by Crippen LogP contribution is 2.40. The Bertz CT molecular complexity index is 593. The molecule has 0 saturated heterocycles. The van der Waals surface area contributed by atoms with Gasteiger partial charge in [0.15, 0.2) is 0 Å². The molecule has 0 aromatic carbocycles. The number of rotatable bonds is 5. The lowest BCUT2D eigenvalue weighted by molar-refractivity contribution is 0.00343. The van der Waals surface area contributed by atoms with Crippen molar-refractivity contribution in [1.29, 1.82) is 0 Å². The first-order chi connectivity index (χ1) is 10.5. The molecule has 1 fully saturated rings. The van der Waals surface area contributed by atoms with Gasteiger partial charge in [-0.15, -0.1) is 0 Å². The minimum absolute atomic E-state index is 0.000652. The molecule has 8 heteroatoms. The van der Waals surface area contributed by atoms with Crippen molar-refractivity contribution in [3.63, 3.8) is 0 Å². The number of halogens is 4. The lowest BCUT2D eigenvalue weighted by Crippen LogP contribution is -2.19. The highest BCUT2D eigenvalue weighted by atomic mass is 19.3. The second kappa shape index (κ2) is 6.13. The SMILES string of the molecule is CCOC(=O)c1c(C)c(C(C)(F)F)nn1C[C@@H]1CCC(F)(F)C1. The fraction of sp³-hybridized carbons (Fsp3) is 0.733. The molecule has 1 heterocycles. The highest BCUT2D eigenvalue weighted by molar-refractivity contribution is 5.89. The maximum atomic E-state index is 13.6. The lowest BCUT2D eigenvalue weighted by Gasteiger charge is -2.13. The molecule has 2 rings (SSSR count). The Morgan fingerprint density at radius 1 is 1.48 bits per heavy atom. The van der Waals surface area contributed by atoms with Crippen LogP contribution in [0.15, 0.2) is 0 Å². The summed E-state index contributed by atoms with van der Waals surface area (Å²) in [5.74, 6) is -7.14. The quantitative estimate of drug-likeness (QED) is 0.605. The average Bonchev–Trinajstić information content (AvgIpc) is 2.90. The molecule has 1 aromatic rings. The number of esters is 1. The molecule has 130 valence electrons. The van der Waals surface area contributed by atoms with Gasteiger partial charge in [0.05, 0.1) is 6.61 Å². The van der Waals surface area contributed by atoms with Crippen LogP contribution < -0.4 is 0 Å². The van der Waals surface area contributed by atoms with Crippen LogP contribution in [0.4, 0.5) is 17.6 Å². The van der Waals surface area contributed by atoms with Crippen LogP contribution in [0.2, 0.25) is 0 Å². The van der Waals surface area contributed by atoms with Crippen LogP contribution in [0.5, 0.6) is 0 Å². The van der Waals surface area contributed by atoms with Crippen LogP contribution in [0.3, 0.4) is 0 Å². The summed E-state index contributed by atoms with van der Waals surface area (Å²) in [6, 6.07) is 0. The summed E-state index contributed by atoms with van der Waals surface area (Å²) in [5, 5.41) is 3.82. The van der Waals surface area contributed by atoms with E-state index in [1.54, 1.807) is 6.92 Å². The van der Waals surface area contributed by atoms with Crippen molar-refractivity contribution in [2.24, 2.45) is 5.92 Å². The van der Waals surface area contributed by atoms with E-state index in [2.05, 4.69) is 5.10 Å². The van der Waals surface area contributed by atoms with Gasteiger partial charge in [0.2, 0.25) is 5.92 Å². The summed E-state index contributed by atoms with van der Waals surface area (Å²) in [6.07, 6.45) is -0.290. The minimum Gasteiger partial charge on any atom is -0.461 e. The molecule has 0 bridgehead atoms. The van der Waals surface area contributed by atoms with Crippen LogP contribution in [0.25, 0.3) is 0 Å². The van der Waals surface area contributed by atoms with Crippen LogP contribution in [0, 0.1) is 12.8 Å². The third kappa shape index (κ3) is 3.84. The van der Waals surface area contributed by atoms with Gasteiger partial charge in [-0.2, -0.15) is 13.9 Å².